The molecular weight excluding hydrogens is 135 g/mol. The van der Waals surface area contributed by atoms with E-state index in [2.05, 4.69) is 4.99 Å². The summed E-state index contributed by atoms with van der Waals surface area (Å²) in [6.07, 6.45) is 0.881. The van der Waals surface area contributed by atoms with Gasteiger partial charge >= 0.3 is 57.2 Å². The first-order valence-electron chi connectivity index (χ1n) is 2.62. The molecule has 10 heavy (non-hydrogen) atoms. The molecule has 0 spiro atoms. The fourth-order valence-corrected chi connectivity index (χ4v) is 0.364. The topological polar surface area (TPSA) is 92.8 Å². The van der Waals surface area contributed by atoms with Gasteiger partial charge in [-0.05, 0) is 0 Å². The van der Waals surface area contributed by atoms with Gasteiger partial charge in [0.1, 0.15) is 0 Å². The van der Waals surface area contributed by atoms with Crippen LogP contribution in [0.3, 0.4) is 0 Å². The third-order valence-electron chi connectivity index (χ3n) is 0.835. The standard InChI is InChI=1S/C4H7BN2O3/c6-1-3(4(8)9)7-2-5-10/h2-3H,1,6H2,(H,8,9)/t3-/m0/s1. The Bertz CT molecular complexity index is 159. The fraction of sp³-hybridized carbons (Fsp3) is 0.500. The van der Waals surface area contributed by atoms with Crippen LogP contribution in [0.4, 0.5) is 0 Å². The van der Waals surface area contributed by atoms with Crippen LogP contribution in [0.1, 0.15) is 0 Å². The normalized spacial score (nSPS) is 12.9. The Hall–Kier alpha value is -1.04. The molecule has 0 aliphatic heterocycles. The molecule has 0 amide bonds. The summed E-state index contributed by atoms with van der Waals surface area (Å²) in [4.78, 5) is 13.5. The second kappa shape index (κ2) is 4.81. The van der Waals surface area contributed by atoms with E-state index in [1.807, 2.05) is 0 Å². The van der Waals surface area contributed by atoms with Gasteiger partial charge < -0.3 is 0 Å². The zero-order chi connectivity index (χ0) is 7.98. The van der Waals surface area contributed by atoms with Crippen LogP contribution in [-0.4, -0.2) is 36.9 Å². The van der Waals surface area contributed by atoms with Gasteiger partial charge in [0, 0.05) is 0 Å². The Morgan fingerprint density at radius 1 is 1.90 bits per heavy atom. The summed E-state index contributed by atoms with van der Waals surface area (Å²) < 4.78 is 9.66. The first kappa shape index (κ1) is 8.96. The van der Waals surface area contributed by atoms with Gasteiger partial charge in [0.2, 0.25) is 0 Å². The molecule has 6 heteroatoms. The molecule has 0 aromatic rings. The molecule has 0 aliphatic rings. The first-order chi connectivity index (χ1) is 4.72. The van der Waals surface area contributed by atoms with Crippen LogP contribution in [0.25, 0.3) is 0 Å². The predicted molar refractivity (Wildman–Crippen MR) is 35.4 cm³/mol. The second-order valence-electron chi connectivity index (χ2n) is 1.52. The van der Waals surface area contributed by atoms with E-state index in [9.17, 15) is 9.50 Å². The van der Waals surface area contributed by atoms with Gasteiger partial charge in [-0.2, -0.15) is 0 Å². The summed E-state index contributed by atoms with van der Waals surface area (Å²) in [6.45, 7) is -0.0975. The Morgan fingerprint density at radius 2 is 2.50 bits per heavy atom. The number of carboxylic acid groups (broad SMARTS) is 1. The Balaban J connectivity index is 3.94. The molecule has 0 bridgehead atoms. The van der Waals surface area contributed by atoms with Crippen LogP contribution >= 0.6 is 0 Å². The van der Waals surface area contributed by atoms with E-state index in [1.54, 1.807) is 0 Å². The summed E-state index contributed by atoms with van der Waals surface area (Å²) in [5.74, 6) is -1.12. The molecular formula is C4H7BN2O3. The average Bonchev–Trinajstić information content (AvgIpc) is 1.89. The van der Waals surface area contributed by atoms with Crippen molar-refractivity contribution in [3.8, 4) is 0 Å². The summed E-state index contributed by atoms with van der Waals surface area (Å²) in [5, 5.41) is 8.29. The molecule has 0 aliphatic carbocycles. The number of hydrogen-bond acceptors (Lipinski definition) is 4. The van der Waals surface area contributed by atoms with Crippen molar-refractivity contribution < 1.29 is 14.6 Å². The molecule has 54 valence electrons. The maximum atomic E-state index is 10.1. The minimum absolute atomic E-state index is 0.0975. The van der Waals surface area contributed by atoms with E-state index in [4.69, 9.17) is 10.8 Å². The van der Waals surface area contributed by atoms with Crippen LogP contribution < -0.4 is 5.73 Å². The van der Waals surface area contributed by atoms with E-state index in [-0.39, 0.29) is 6.54 Å². The molecule has 1 atom stereocenters. The Labute approximate surface area is 58.2 Å². The van der Waals surface area contributed by atoms with Gasteiger partial charge in [-0.25, -0.2) is 0 Å². The third-order valence-corrected chi connectivity index (χ3v) is 0.835. The van der Waals surface area contributed by atoms with Crippen LogP contribution in [-0.2, 0) is 9.50 Å². The number of carboxylic acids is 1. The molecule has 0 saturated heterocycles. The molecule has 5 nitrogen and oxygen atoms in total. The SMILES string of the molecule is NC[C@H](N=CB=O)C(=O)O. The molecule has 0 heterocycles. The van der Waals surface area contributed by atoms with Crippen molar-refractivity contribution in [3.05, 3.63) is 0 Å². The van der Waals surface area contributed by atoms with Crippen molar-refractivity contribution in [2.24, 2.45) is 10.7 Å². The molecule has 0 unspecified atom stereocenters. The summed E-state index contributed by atoms with van der Waals surface area (Å²) in [6, 6.07) is -0.995. The van der Waals surface area contributed by atoms with Gasteiger partial charge in [-0.1, -0.05) is 0 Å². The van der Waals surface area contributed by atoms with Gasteiger partial charge in [-0.3, -0.25) is 0 Å². The van der Waals surface area contributed by atoms with E-state index in [0.717, 1.165) is 6.11 Å². The Morgan fingerprint density at radius 3 is 2.80 bits per heavy atom. The van der Waals surface area contributed by atoms with Gasteiger partial charge in [0.15, 0.2) is 0 Å². The average molecular weight is 142 g/mol. The van der Waals surface area contributed by atoms with Crippen LogP contribution in [0.15, 0.2) is 4.99 Å². The molecule has 0 saturated carbocycles. The van der Waals surface area contributed by atoms with Gasteiger partial charge in [0.25, 0.3) is 0 Å². The number of aliphatic imine (C=N–C) groups is 1. The van der Waals surface area contributed by atoms with E-state index >= 15 is 0 Å². The summed E-state index contributed by atoms with van der Waals surface area (Å²) in [5.41, 5.74) is 5.00. The zero-order valence-corrected chi connectivity index (χ0v) is 5.23. The second-order valence-corrected chi connectivity index (χ2v) is 1.52. The van der Waals surface area contributed by atoms with Gasteiger partial charge in [0.05, 0.1) is 0 Å². The van der Waals surface area contributed by atoms with Crippen LogP contribution in [0.2, 0.25) is 0 Å². The molecule has 0 aromatic heterocycles. The quantitative estimate of drug-likeness (QED) is 0.368. The predicted octanol–water partition coefficient (Wildman–Crippen LogP) is -1.52. The van der Waals surface area contributed by atoms with Crippen LogP contribution in [0.5, 0.6) is 0 Å². The number of rotatable bonds is 4. The van der Waals surface area contributed by atoms with Crippen molar-refractivity contribution >= 4 is 19.2 Å². The Kier molecular flexibility index (Phi) is 4.31. The molecule has 0 aromatic carbocycles. The van der Waals surface area contributed by atoms with Crippen molar-refractivity contribution in [1.82, 2.24) is 0 Å². The van der Waals surface area contributed by atoms with E-state index in [1.165, 1.54) is 0 Å². The third kappa shape index (κ3) is 3.08. The minimum atomic E-state index is -1.12. The fourth-order valence-electron chi connectivity index (χ4n) is 0.364. The summed E-state index contributed by atoms with van der Waals surface area (Å²) in [7, 11) is 0.408. The van der Waals surface area contributed by atoms with Crippen molar-refractivity contribution in [1.29, 1.82) is 0 Å². The first-order valence-corrected chi connectivity index (χ1v) is 2.62. The van der Waals surface area contributed by atoms with Gasteiger partial charge in [-0.15, -0.1) is 0 Å². The van der Waals surface area contributed by atoms with E-state index < -0.39 is 12.0 Å². The monoisotopic (exact) mass is 142 g/mol. The van der Waals surface area contributed by atoms with Crippen molar-refractivity contribution in [2.75, 3.05) is 6.54 Å². The number of aliphatic carboxylic acids is 1. The molecule has 0 radical (unpaired) electrons. The van der Waals surface area contributed by atoms with Crippen molar-refractivity contribution in [2.45, 2.75) is 6.04 Å². The number of hydrogen-bond donors (Lipinski definition) is 2. The number of carbonyl (C=O) groups is 1. The molecule has 0 rings (SSSR count). The molecule has 0 fully saturated rings. The zero-order valence-electron chi connectivity index (χ0n) is 5.23. The number of nitrogens with zero attached hydrogens (tertiary/aromatic N) is 1. The van der Waals surface area contributed by atoms with E-state index in [0.29, 0.717) is 7.15 Å². The van der Waals surface area contributed by atoms with Crippen LogP contribution in [0, 0.1) is 0 Å². The maximum absolute atomic E-state index is 10.1. The number of nitrogens with two attached hydrogens (primary N) is 1. The summed E-state index contributed by atoms with van der Waals surface area (Å²) >= 11 is 0. The molecule has 3 N–H and O–H groups in total. The van der Waals surface area contributed by atoms with Crippen molar-refractivity contribution in [3.63, 3.8) is 0 Å².